The molecule has 126 valence electrons. The van der Waals surface area contributed by atoms with Crippen molar-refractivity contribution in [2.45, 2.75) is 6.92 Å². The lowest BCUT2D eigenvalue weighted by molar-refractivity contribution is -0.114. The first kappa shape index (κ1) is 16.2. The molecule has 0 aliphatic rings. The molecule has 1 aromatic carbocycles. The van der Waals surface area contributed by atoms with Crippen LogP contribution in [0.4, 0.5) is 21.6 Å². The molecule has 8 nitrogen and oxygen atoms in total. The Bertz CT molecular complexity index is 1010. The molecule has 0 aliphatic carbocycles. The maximum atomic E-state index is 13.5. The molecule has 0 bridgehead atoms. The predicted molar refractivity (Wildman–Crippen MR) is 87.0 cm³/mol. The largest absolute Gasteiger partial charge is 0.476 e. The van der Waals surface area contributed by atoms with Crippen LogP contribution < -0.4 is 5.32 Å². The van der Waals surface area contributed by atoms with E-state index in [-0.39, 0.29) is 23.1 Å². The second kappa shape index (κ2) is 6.48. The van der Waals surface area contributed by atoms with Crippen molar-refractivity contribution in [2.75, 3.05) is 5.32 Å². The first-order valence-electron chi connectivity index (χ1n) is 7.14. The van der Waals surface area contributed by atoms with E-state index in [1.165, 1.54) is 23.5 Å². The Hall–Kier alpha value is -3.62. The highest BCUT2D eigenvalue weighted by Gasteiger charge is 2.18. The van der Waals surface area contributed by atoms with Gasteiger partial charge in [0.25, 0.3) is 0 Å². The van der Waals surface area contributed by atoms with E-state index in [0.29, 0.717) is 11.4 Å². The number of nitrogens with zero attached hydrogens (tertiary/aromatic N) is 4. The Morgan fingerprint density at radius 2 is 2.04 bits per heavy atom. The lowest BCUT2D eigenvalue weighted by Gasteiger charge is -2.02. The molecule has 2 heterocycles. The van der Waals surface area contributed by atoms with Crippen LogP contribution in [0, 0.1) is 5.82 Å². The number of rotatable bonds is 4. The van der Waals surface area contributed by atoms with Crippen molar-refractivity contribution in [3.05, 3.63) is 54.1 Å². The number of carboxylic acids is 1. The Balaban J connectivity index is 2.03. The first-order valence-corrected chi connectivity index (χ1v) is 7.14. The van der Waals surface area contributed by atoms with E-state index in [2.05, 4.69) is 20.5 Å². The molecule has 3 rings (SSSR count). The summed E-state index contributed by atoms with van der Waals surface area (Å²) in [6.07, 6.45) is 1.08. The van der Waals surface area contributed by atoms with Crippen LogP contribution in [0.5, 0.6) is 0 Å². The second-order valence-corrected chi connectivity index (χ2v) is 5.10. The minimum absolute atomic E-state index is 0.105. The third-order valence-corrected chi connectivity index (χ3v) is 3.19. The number of carbonyl (C=O) groups is 2. The van der Waals surface area contributed by atoms with E-state index >= 15 is 0 Å². The number of carboxylic acid groups (broad SMARTS) is 1. The lowest BCUT2D eigenvalue weighted by Crippen LogP contribution is -2.05. The second-order valence-electron chi connectivity index (χ2n) is 5.10. The Morgan fingerprint density at radius 3 is 2.76 bits per heavy atom. The zero-order valence-electron chi connectivity index (χ0n) is 13.0. The fourth-order valence-electron chi connectivity index (χ4n) is 2.20. The van der Waals surface area contributed by atoms with Gasteiger partial charge < -0.3 is 10.4 Å². The van der Waals surface area contributed by atoms with Crippen molar-refractivity contribution in [1.29, 1.82) is 0 Å². The SMILES string of the molecule is CC(=O)Nc1cccc(N=Nc2c(C(=O)O)nc3ccc(F)cn23)c1. The molecule has 2 aromatic heterocycles. The molecule has 0 unspecified atom stereocenters. The van der Waals surface area contributed by atoms with Gasteiger partial charge in [-0.2, -0.15) is 0 Å². The van der Waals surface area contributed by atoms with Gasteiger partial charge in [0.1, 0.15) is 11.5 Å². The number of anilines is 1. The van der Waals surface area contributed by atoms with Gasteiger partial charge >= 0.3 is 5.97 Å². The Morgan fingerprint density at radius 1 is 1.24 bits per heavy atom. The molecule has 0 saturated heterocycles. The van der Waals surface area contributed by atoms with Crippen LogP contribution in [0.25, 0.3) is 5.65 Å². The normalized spacial score (nSPS) is 11.1. The predicted octanol–water partition coefficient (Wildman–Crippen LogP) is 3.55. The summed E-state index contributed by atoms with van der Waals surface area (Å²) in [7, 11) is 0. The lowest BCUT2D eigenvalue weighted by atomic mass is 10.3. The molecular weight excluding hydrogens is 329 g/mol. The number of carbonyl (C=O) groups excluding carboxylic acids is 1. The van der Waals surface area contributed by atoms with Crippen LogP contribution in [-0.4, -0.2) is 26.4 Å². The molecular formula is C16H12FN5O3. The number of aromatic nitrogens is 2. The molecule has 2 N–H and O–H groups in total. The van der Waals surface area contributed by atoms with Crippen molar-refractivity contribution >= 4 is 34.7 Å². The molecule has 3 aromatic rings. The summed E-state index contributed by atoms with van der Waals surface area (Å²) in [5.74, 6) is -2.21. The van der Waals surface area contributed by atoms with Crippen molar-refractivity contribution in [3.8, 4) is 0 Å². The third kappa shape index (κ3) is 3.50. The highest BCUT2D eigenvalue weighted by Crippen LogP contribution is 2.25. The summed E-state index contributed by atoms with van der Waals surface area (Å²) in [5.41, 5.74) is 0.799. The molecule has 0 spiro atoms. The molecule has 9 heteroatoms. The number of azo groups is 1. The monoisotopic (exact) mass is 341 g/mol. The molecule has 25 heavy (non-hydrogen) atoms. The van der Waals surface area contributed by atoms with E-state index < -0.39 is 11.8 Å². The van der Waals surface area contributed by atoms with Crippen LogP contribution in [0.15, 0.2) is 52.8 Å². The van der Waals surface area contributed by atoms with E-state index in [9.17, 15) is 19.1 Å². The molecule has 1 amide bonds. The number of halogens is 1. The molecule has 0 saturated carbocycles. The summed E-state index contributed by atoms with van der Waals surface area (Å²) in [6.45, 7) is 1.38. The van der Waals surface area contributed by atoms with Gasteiger partial charge in [0, 0.05) is 18.8 Å². The summed E-state index contributed by atoms with van der Waals surface area (Å²) in [4.78, 5) is 26.3. The topological polar surface area (TPSA) is 108 Å². The average Bonchev–Trinajstić information content (AvgIpc) is 2.91. The number of aromatic carboxylic acids is 1. The number of hydrogen-bond acceptors (Lipinski definition) is 5. The van der Waals surface area contributed by atoms with Gasteiger partial charge in [-0.25, -0.2) is 14.2 Å². The minimum Gasteiger partial charge on any atom is -0.476 e. The standard InChI is InChI=1S/C16H12FN5O3/c1-9(23)18-11-3-2-4-12(7-11)20-21-15-14(16(24)25)19-13-6-5-10(17)8-22(13)15/h2-8H,1H3,(H,18,23)(H,24,25). The maximum absolute atomic E-state index is 13.5. The average molecular weight is 341 g/mol. The van der Waals surface area contributed by atoms with E-state index in [0.717, 1.165) is 6.20 Å². The number of imidazole rings is 1. The van der Waals surface area contributed by atoms with Gasteiger partial charge in [-0.05, 0) is 30.3 Å². The first-order chi connectivity index (χ1) is 11.9. The highest BCUT2D eigenvalue weighted by molar-refractivity contribution is 5.92. The molecule has 0 aliphatic heterocycles. The maximum Gasteiger partial charge on any atom is 0.358 e. The van der Waals surface area contributed by atoms with Gasteiger partial charge in [-0.3, -0.25) is 9.20 Å². The number of benzene rings is 1. The number of pyridine rings is 1. The number of amides is 1. The number of fused-ring (bicyclic) bond motifs is 1. The third-order valence-electron chi connectivity index (χ3n) is 3.19. The van der Waals surface area contributed by atoms with Crippen LogP contribution in [0.2, 0.25) is 0 Å². The van der Waals surface area contributed by atoms with Crippen molar-refractivity contribution in [3.63, 3.8) is 0 Å². The van der Waals surface area contributed by atoms with Gasteiger partial charge in [0.2, 0.25) is 5.91 Å². The van der Waals surface area contributed by atoms with Gasteiger partial charge in [-0.15, -0.1) is 10.2 Å². The summed E-state index contributed by atoms with van der Waals surface area (Å²) < 4.78 is 14.7. The number of hydrogen-bond donors (Lipinski definition) is 2. The summed E-state index contributed by atoms with van der Waals surface area (Å²) in [6, 6.07) is 9.04. The van der Waals surface area contributed by atoms with E-state index in [1.54, 1.807) is 24.3 Å². The summed E-state index contributed by atoms with van der Waals surface area (Å²) in [5, 5.41) is 19.7. The fraction of sp³-hybridized carbons (Fsp3) is 0.0625. The molecule has 0 atom stereocenters. The molecule has 0 radical (unpaired) electrons. The fourth-order valence-corrected chi connectivity index (χ4v) is 2.20. The van der Waals surface area contributed by atoms with E-state index in [4.69, 9.17) is 0 Å². The zero-order valence-corrected chi connectivity index (χ0v) is 13.0. The van der Waals surface area contributed by atoms with Crippen LogP contribution in [0.3, 0.4) is 0 Å². The summed E-state index contributed by atoms with van der Waals surface area (Å²) >= 11 is 0. The van der Waals surface area contributed by atoms with E-state index in [1.807, 2.05) is 0 Å². The van der Waals surface area contributed by atoms with Crippen LogP contribution in [-0.2, 0) is 4.79 Å². The van der Waals surface area contributed by atoms with Crippen LogP contribution in [0.1, 0.15) is 17.4 Å². The van der Waals surface area contributed by atoms with Crippen LogP contribution >= 0.6 is 0 Å². The Labute approximate surface area is 140 Å². The van der Waals surface area contributed by atoms with Gasteiger partial charge in [0.05, 0.1) is 5.69 Å². The number of nitrogens with one attached hydrogen (secondary N) is 1. The zero-order chi connectivity index (χ0) is 18.0. The highest BCUT2D eigenvalue weighted by atomic mass is 19.1. The molecule has 0 fully saturated rings. The van der Waals surface area contributed by atoms with Gasteiger partial charge in [0.15, 0.2) is 11.5 Å². The van der Waals surface area contributed by atoms with Gasteiger partial charge in [-0.1, -0.05) is 6.07 Å². The quantitative estimate of drug-likeness (QED) is 0.707. The van der Waals surface area contributed by atoms with Crippen molar-refractivity contribution in [1.82, 2.24) is 9.38 Å². The Kier molecular flexibility index (Phi) is 4.21. The minimum atomic E-state index is -1.30. The smallest absolute Gasteiger partial charge is 0.358 e. The van der Waals surface area contributed by atoms with Crippen molar-refractivity contribution in [2.24, 2.45) is 10.2 Å². The van der Waals surface area contributed by atoms with Crippen molar-refractivity contribution < 1.29 is 19.1 Å².